The van der Waals surface area contributed by atoms with E-state index in [1.54, 1.807) is 59.8 Å². The van der Waals surface area contributed by atoms with Gasteiger partial charge in [-0.1, -0.05) is 23.7 Å². The van der Waals surface area contributed by atoms with Crippen LogP contribution in [0.4, 0.5) is 0 Å². The molecular formula is C23H22O5. The summed E-state index contributed by atoms with van der Waals surface area (Å²) in [5.74, 6) is 14.9. The third kappa shape index (κ3) is 5.16. The molecular weight excluding hydrogens is 356 g/mol. The van der Waals surface area contributed by atoms with Gasteiger partial charge in [-0.3, -0.25) is 0 Å². The summed E-state index contributed by atoms with van der Waals surface area (Å²) in [4.78, 5) is 0. The second kappa shape index (κ2) is 10.4. The molecule has 0 aliphatic carbocycles. The van der Waals surface area contributed by atoms with Crippen molar-refractivity contribution < 1.29 is 23.7 Å². The fourth-order valence-electron chi connectivity index (χ4n) is 2.40. The van der Waals surface area contributed by atoms with Gasteiger partial charge in [0.25, 0.3) is 0 Å². The lowest BCUT2D eigenvalue weighted by Crippen LogP contribution is -1.95. The SMILES string of the molecule is COc1ccc(C#C/C=C\C#Cc2cc(OC)c(OC)c(OC)c2)cc1OC. The zero-order valence-electron chi connectivity index (χ0n) is 16.6. The Kier molecular flexibility index (Phi) is 7.69. The van der Waals surface area contributed by atoms with Crippen LogP contribution in [0.25, 0.3) is 0 Å². The van der Waals surface area contributed by atoms with Crippen molar-refractivity contribution >= 4 is 0 Å². The van der Waals surface area contributed by atoms with Gasteiger partial charge in [-0.05, 0) is 42.5 Å². The topological polar surface area (TPSA) is 46.2 Å². The molecule has 0 unspecified atom stereocenters. The first-order valence-electron chi connectivity index (χ1n) is 8.37. The summed E-state index contributed by atoms with van der Waals surface area (Å²) in [6, 6.07) is 9.08. The molecule has 2 aromatic rings. The van der Waals surface area contributed by atoms with E-state index in [1.165, 1.54) is 0 Å². The Hall–Kier alpha value is -3.70. The molecule has 144 valence electrons. The highest BCUT2D eigenvalue weighted by atomic mass is 16.5. The molecule has 0 spiro atoms. The van der Waals surface area contributed by atoms with Gasteiger partial charge < -0.3 is 23.7 Å². The van der Waals surface area contributed by atoms with Crippen molar-refractivity contribution in [3.63, 3.8) is 0 Å². The minimum absolute atomic E-state index is 0.534. The van der Waals surface area contributed by atoms with Crippen LogP contribution in [0.15, 0.2) is 42.5 Å². The van der Waals surface area contributed by atoms with Crippen LogP contribution in [0.5, 0.6) is 28.7 Å². The van der Waals surface area contributed by atoms with Gasteiger partial charge in [-0.25, -0.2) is 0 Å². The number of methoxy groups -OCH3 is 5. The van der Waals surface area contributed by atoms with Gasteiger partial charge in [-0.2, -0.15) is 0 Å². The van der Waals surface area contributed by atoms with E-state index < -0.39 is 0 Å². The van der Waals surface area contributed by atoms with Crippen LogP contribution in [0.3, 0.4) is 0 Å². The van der Waals surface area contributed by atoms with Crippen LogP contribution < -0.4 is 23.7 Å². The van der Waals surface area contributed by atoms with Gasteiger partial charge in [-0.15, -0.1) is 0 Å². The van der Waals surface area contributed by atoms with E-state index in [0.29, 0.717) is 28.7 Å². The van der Waals surface area contributed by atoms with Crippen molar-refractivity contribution in [2.24, 2.45) is 0 Å². The van der Waals surface area contributed by atoms with Crippen LogP contribution in [0.1, 0.15) is 11.1 Å². The summed E-state index contributed by atoms with van der Waals surface area (Å²) in [6.45, 7) is 0. The Balaban J connectivity index is 2.14. The van der Waals surface area contributed by atoms with E-state index >= 15 is 0 Å². The number of allylic oxidation sites excluding steroid dienone is 2. The number of hydrogen-bond acceptors (Lipinski definition) is 5. The fraction of sp³-hybridized carbons (Fsp3) is 0.217. The van der Waals surface area contributed by atoms with Gasteiger partial charge in [0, 0.05) is 11.1 Å². The lowest BCUT2D eigenvalue weighted by atomic mass is 10.2. The van der Waals surface area contributed by atoms with Gasteiger partial charge in [0.05, 0.1) is 35.5 Å². The van der Waals surface area contributed by atoms with E-state index in [2.05, 4.69) is 23.7 Å². The summed E-state index contributed by atoms with van der Waals surface area (Å²) in [7, 11) is 7.88. The minimum Gasteiger partial charge on any atom is -0.493 e. The fourth-order valence-corrected chi connectivity index (χ4v) is 2.40. The molecule has 0 atom stereocenters. The van der Waals surface area contributed by atoms with Crippen molar-refractivity contribution in [3.8, 4) is 52.4 Å². The van der Waals surface area contributed by atoms with Crippen molar-refractivity contribution in [2.45, 2.75) is 0 Å². The average Bonchev–Trinajstić information content (AvgIpc) is 2.74. The molecule has 0 saturated carbocycles. The first-order chi connectivity index (χ1) is 13.7. The summed E-state index contributed by atoms with van der Waals surface area (Å²) in [5.41, 5.74) is 1.56. The van der Waals surface area contributed by atoms with Crippen LogP contribution in [-0.2, 0) is 0 Å². The second-order valence-corrected chi connectivity index (χ2v) is 5.36. The third-order valence-corrected chi connectivity index (χ3v) is 3.73. The molecule has 0 aliphatic heterocycles. The summed E-state index contributed by atoms with van der Waals surface area (Å²) < 4.78 is 26.4. The molecule has 28 heavy (non-hydrogen) atoms. The normalized spacial score (nSPS) is 9.61. The highest BCUT2D eigenvalue weighted by Gasteiger charge is 2.12. The Bertz CT molecular complexity index is 943. The van der Waals surface area contributed by atoms with Gasteiger partial charge in [0.1, 0.15) is 0 Å². The lowest BCUT2D eigenvalue weighted by Gasteiger charge is -2.12. The molecule has 5 nitrogen and oxygen atoms in total. The molecule has 5 heteroatoms. The third-order valence-electron chi connectivity index (χ3n) is 3.73. The Labute approximate surface area is 165 Å². The van der Waals surface area contributed by atoms with E-state index in [9.17, 15) is 0 Å². The van der Waals surface area contributed by atoms with Gasteiger partial charge in [0.2, 0.25) is 5.75 Å². The zero-order chi connectivity index (χ0) is 20.4. The predicted octanol–water partition coefficient (Wildman–Crippen LogP) is 3.69. The molecule has 0 bridgehead atoms. The summed E-state index contributed by atoms with van der Waals surface area (Å²) in [6.07, 6.45) is 3.36. The zero-order valence-corrected chi connectivity index (χ0v) is 16.6. The number of benzene rings is 2. The number of rotatable bonds is 5. The number of hydrogen-bond donors (Lipinski definition) is 0. The lowest BCUT2D eigenvalue weighted by molar-refractivity contribution is 0.324. The smallest absolute Gasteiger partial charge is 0.203 e. The van der Waals surface area contributed by atoms with Gasteiger partial charge >= 0.3 is 0 Å². The second-order valence-electron chi connectivity index (χ2n) is 5.36. The average molecular weight is 378 g/mol. The molecule has 0 N–H and O–H groups in total. The molecule has 0 saturated heterocycles. The van der Waals surface area contributed by atoms with Crippen LogP contribution in [0, 0.1) is 23.7 Å². The van der Waals surface area contributed by atoms with Crippen molar-refractivity contribution in [2.75, 3.05) is 35.5 Å². The molecule has 0 amide bonds. The van der Waals surface area contributed by atoms with E-state index in [1.807, 2.05) is 18.2 Å². The van der Waals surface area contributed by atoms with Gasteiger partial charge in [0.15, 0.2) is 23.0 Å². The standard InChI is InChI=1S/C23H22O5/c1-24-19-13-12-17(14-20(19)25-2)10-8-6-7-9-11-18-15-21(26-3)23(28-5)22(16-18)27-4/h6-7,12-16H,1-5H3/b7-6-. The number of ether oxygens (including phenoxy) is 5. The highest BCUT2D eigenvalue weighted by molar-refractivity contribution is 5.57. The largest absolute Gasteiger partial charge is 0.493 e. The summed E-state index contributed by atoms with van der Waals surface area (Å²) >= 11 is 0. The van der Waals surface area contributed by atoms with Crippen LogP contribution in [0.2, 0.25) is 0 Å². The molecule has 2 rings (SSSR count). The van der Waals surface area contributed by atoms with Crippen molar-refractivity contribution in [3.05, 3.63) is 53.6 Å². The monoisotopic (exact) mass is 378 g/mol. The maximum absolute atomic E-state index is 5.32. The predicted molar refractivity (Wildman–Crippen MR) is 109 cm³/mol. The minimum atomic E-state index is 0.534. The first kappa shape index (κ1) is 20.6. The molecule has 0 aliphatic rings. The Morgan fingerprint density at radius 3 is 1.57 bits per heavy atom. The maximum Gasteiger partial charge on any atom is 0.203 e. The molecule has 0 aromatic heterocycles. The van der Waals surface area contributed by atoms with Crippen molar-refractivity contribution in [1.29, 1.82) is 0 Å². The quantitative estimate of drug-likeness (QED) is 0.743. The Morgan fingerprint density at radius 1 is 0.571 bits per heavy atom. The van der Waals surface area contributed by atoms with Crippen molar-refractivity contribution in [1.82, 2.24) is 0 Å². The summed E-state index contributed by atoms with van der Waals surface area (Å²) in [5, 5.41) is 0. The van der Waals surface area contributed by atoms with E-state index in [0.717, 1.165) is 11.1 Å². The molecule has 0 heterocycles. The Morgan fingerprint density at radius 2 is 1.07 bits per heavy atom. The maximum atomic E-state index is 5.32. The molecule has 2 aromatic carbocycles. The van der Waals surface area contributed by atoms with E-state index in [4.69, 9.17) is 23.7 Å². The molecule has 0 radical (unpaired) electrons. The first-order valence-corrected chi connectivity index (χ1v) is 8.37. The molecule has 0 fully saturated rings. The van der Waals surface area contributed by atoms with E-state index in [-0.39, 0.29) is 0 Å². The van der Waals surface area contributed by atoms with Crippen LogP contribution in [-0.4, -0.2) is 35.5 Å². The highest BCUT2D eigenvalue weighted by Crippen LogP contribution is 2.37. The van der Waals surface area contributed by atoms with Crippen LogP contribution >= 0.6 is 0 Å².